The van der Waals surface area contributed by atoms with Crippen molar-refractivity contribution >= 4 is 18.3 Å². The third-order valence-corrected chi connectivity index (χ3v) is 2.58. The van der Waals surface area contributed by atoms with Gasteiger partial charge in [0.05, 0.1) is 12.5 Å². The first-order valence-electron chi connectivity index (χ1n) is 5.66. The molecule has 0 radical (unpaired) electrons. The SMILES string of the molecule is CCOCCN(CC)C(=O)C(C)C(C)N.Cl. The molecule has 1 amide bonds. The first kappa shape index (κ1) is 18.1. The van der Waals surface area contributed by atoms with Crippen molar-refractivity contribution in [2.45, 2.75) is 33.7 Å². The van der Waals surface area contributed by atoms with Gasteiger partial charge in [-0.05, 0) is 20.8 Å². The van der Waals surface area contributed by atoms with E-state index in [2.05, 4.69) is 0 Å². The summed E-state index contributed by atoms with van der Waals surface area (Å²) in [6.07, 6.45) is 0. The number of halogens is 1. The number of ether oxygens (including phenoxy) is 1. The lowest BCUT2D eigenvalue weighted by Gasteiger charge is -2.25. The van der Waals surface area contributed by atoms with Gasteiger partial charge in [0.25, 0.3) is 0 Å². The monoisotopic (exact) mass is 252 g/mol. The van der Waals surface area contributed by atoms with Crippen LogP contribution in [0, 0.1) is 5.92 Å². The molecule has 0 aromatic carbocycles. The summed E-state index contributed by atoms with van der Waals surface area (Å²) < 4.78 is 5.23. The smallest absolute Gasteiger partial charge is 0.227 e. The Labute approximate surface area is 105 Å². The fourth-order valence-electron chi connectivity index (χ4n) is 1.26. The van der Waals surface area contributed by atoms with Gasteiger partial charge in [-0.15, -0.1) is 12.4 Å². The molecule has 4 nitrogen and oxygen atoms in total. The molecular formula is C11H25ClN2O2. The van der Waals surface area contributed by atoms with Gasteiger partial charge in [-0.3, -0.25) is 4.79 Å². The predicted octanol–water partition coefficient (Wildman–Crippen LogP) is 1.28. The lowest BCUT2D eigenvalue weighted by Crippen LogP contribution is -2.43. The average Bonchev–Trinajstić information content (AvgIpc) is 2.22. The highest BCUT2D eigenvalue weighted by Gasteiger charge is 2.21. The molecule has 0 fully saturated rings. The van der Waals surface area contributed by atoms with Crippen LogP contribution in [0.2, 0.25) is 0 Å². The summed E-state index contributed by atoms with van der Waals surface area (Å²) >= 11 is 0. The third kappa shape index (κ3) is 6.30. The number of hydrogen-bond donors (Lipinski definition) is 1. The number of nitrogens with two attached hydrogens (primary N) is 1. The van der Waals surface area contributed by atoms with Crippen molar-refractivity contribution in [3.05, 3.63) is 0 Å². The third-order valence-electron chi connectivity index (χ3n) is 2.58. The van der Waals surface area contributed by atoms with Gasteiger partial charge in [0.1, 0.15) is 0 Å². The molecule has 0 aliphatic carbocycles. The Morgan fingerprint density at radius 2 is 1.94 bits per heavy atom. The molecule has 0 aromatic heterocycles. The van der Waals surface area contributed by atoms with Gasteiger partial charge in [-0.25, -0.2) is 0 Å². The number of rotatable bonds is 7. The normalized spacial score (nSPS) is 13.8. The predicted molar refractivity (Wildman–Crippen MR) is 68.8 cm³/mol. The van der Waals surface area contributed by atoms with Crippen molar-refractivity contribution in [1.29, 1.82) is 0 Å². The Morgan fingerprint density at radius 3 is 2.31 bits per heavy atom. The minimum Gasteiger partial charge on any atom is -0.380 e. The van der Waals surface area contributed by atoms with Crippen molar-refractivity contribution in [1.82, 2.24) is 4.90 Å². The van der Waals surface area contributed by atoms with Crippen LogP contribution < -0.4 is 5.73 Å². The molecule has 0 saturated heterocycles. The van der Waals surface area contributed by atoms with E-state index < -0.39 is 0 Å². The van der Waals surface area contributed by atoms with Gasteiger partial charge in [0, 0.05) is 25.7 Å². The van der Waals surface area contributed by atoms with Crippen LogP contribution in [0.25, 0.3) is 0 Å². The molecule has 0 aromatic rings. The van der Waals surface area contributed by atoms with Gasteiger partial charge in [0.2, 0.25) is 5.91 Å². The Bertz CT molecular complexity index is 189. The summed E-state index contributed by atoms with van der Waals surface area (Å²) in [5.74, 6) is -0.00113. The van der Waals surface area contributed by atoms with Crippen LogP contribution in [0.3, 0.4) is 0 Å². The summed E-state index contributed by atoms with van der Waals surface area (Å²) in [5.41, 5.74) is 5.71. The van der Waals surface area contributed by atoms with Crippen LogP contribution >= 0.6 is 12.4 Å². The second-order valence-electron chi connectivity index (χ2n) is 3.76. The lowest BCUT2D eigenvalue weighted by atomic mass is 10.0. The summed E-state index contributed by atoms with van der Waals surface area (Å²) in [6, 6.07) is -0.0985. The Morgan fingerprint density at radius 1 is 1.38 bits per heavy atom. The minimum atomic E-state index is -0.119. The molecule has 0 heterocycles. The minimum absolute atomic E-state index is 0. The van der Waals surface area contributed by atoms with Crippen molar-refractivity contribution in [3.63, 3.8) is 0 Å². The van der Waals surface area contributed by atoms with Crippen molar-refractivity contribution in [3.8, 4) is 0 Å². The zero-order chi connectivity index (χ0) is 11.8. The van der Waals surface area contributed by atoms with Gasteiger partial charge >= 0.3 is 0 Å². The standard InChI is InChI=1S/C11H24N2O2.ClH/c1-5-13(7-8-15-6-2)11(14)9(3)10(4)12;/h9-10H,5-8,12H2,1-4H3;1H. The molecule has 0 saturated carbocycles. The van der Waals surface area contributed by atoms with E-state index in [0.717, 1.165) is 0 Å². The number of hydrogen-bond acceptors (Lipinski definition) is 3. The van der Waals surface area contributed by atoms with Crippen LogP contribution in [-0.2, 0) is 9.53 Å². The summed E-state index contributed by atoms with van der Waals surface area (Å²) in [4.78, 5) is 13.7. The molecule has 2 N–H and O–H groups in total. The van der Waals surface area contributed by atoms with Crippen LogP contribution in [0.5, 0.6) is 0 Å². The Kier molecular flexibility index (Phi) is 11.1. The Balaban J connectivity index is 0. The van der Waals surface area contributed by atoms with Crippen molar-refractivity contribution in [2.24, 2.45) is 11.7 Å². The van der Waals surface area contributed by atoms with Crippen molar-refractivity contribution in [2.75, 3.05) is 26.3 Å². The zero-order valence-corrected chi connectivity index (χ0v) is 11.5. The molecule has 0 spiro atoms. The van der Waals surface area contributed by atoms with E-state index in [4.69, 9.17) is 10.5 Å². The second kappa shape index (κ2) is 9.87. The molecule has 2 unspecified atom stereocenters. The van der Waals surface area contributed by atoms with Crippen LogP contribution in [-0.4, -0.2) is 43.2 Å². The molecule has 5 heteroatoms. The maximum atomic E-state index is 11.9. The fraction of sp³-hybridized carbons (Fsp3) is 0.909. The summed E-state index contributed by atoms with van der Waals surface area (Å²) in [5, 5.41) is 0. The second-order valence-corrected chi connectivity index (χ2v) is 3.76. The molecule has 0 bridgehead atoms. The van der Waals surface area contributed by atoms with E-state index in [9.17, 15) is 4.79 Å². The number of carbonyl (C=O) groups is 1. The van der Waals surface area contributed by atoms with E-state index in [1.807, 2.05) is 27.7 Å². The largest absolute Gasteiger partial charge is 0.380 e. The van der Waals surface area contributed by atoms with E-state index in [0.29, 0.717) is 26.3 Å². The Hall–Kier alpha value is -0.320. The maximum Gasteiger partial charge on any atom is 0.227 e. The summed E-state index contributed by atoms with van der Waals surface area (Å²) in [7, 11) is 0. The molecule has 0 rings (SSSR count). The van der Waals surface area contributed by atoms with Crippen molar-refractivity contribution < 1.29 is 9.53 Å². The quantitative estimate of drug-likeness (QED) is 0.695. The fourth-order valence-corrected chi connectivity index (χ4v) is 1.26. The lowest BCUT2D eigenvalue weighted by molar-refractivity contribution is -0.136. The highest BCUT2D eigenvalue weighted by Crippen LogP contribution is 2.05. The number of likely N-dealkylation sites (N-methyl/N-ethyl adjacent to an activating group) is 1. The van der Waals surface area contributed by atoms with Gasteiger partial charge in [0.15, 0.2) is 0 Å². The van der Waals surface area contributed by atoms with Crippen LogP contribution in [0.15, 0.2) is 0 Å². The molecular weight excluding hydrogens is 228 g/mol. The number of nitrogens with zero attached hydrogens (tertiary/aromatic N) is 1. The number of carbonyl (C=O) groups excluding carboxylic acids is 1. The molecule has 16 heavy (non-hydrogen) atoms. The highest BCUT2D eigenvalue weighted by atomic mass is 35.5. The molecule has 0 aliphatic rings. The van der Waals surface area contributed by atoms with E-state index in [-0.39, 0.29) is 30.3 Å². The molecule has 2 atom stereocenters. The van der Waals surface area contributed by atoms with Crippen LogP contribution in [0.1, 0.15) is 27.7 Å². The van der Waals surface area contributed by atoms with E-state index in [1.165, 1.54) is 0 Å². The zero-order valence-electron chi connectivity index (χ0n) is 10.7. The average molecular weight is 253 g/mol. The van der Waals surface area contributed by atoms with Gasteiger partial charge in [-0.2, -0.15) is 0 Å². The van der Waals surface area contributed by atoms with E-state index >= 15 is 0 Å². The highest BCUT2D eigenvalue weighted by molar-refractivity contribution is 5.85. The van der Waals surface area contributed by atoms with Gasteiger partial charge < -0.3 is 15.4 Å². The molecule has 98 valence electrons. The maximum absolute atomic E-state index is 11.9. The number of amides is 1. The topological polar surface area (TPSA) is 55.6 Å². The van der Waals surface area contributed by atoms with Crippen LogP contribution in [0.4, 0.5) is 0 Å². The molecule has 0 aliphatic heterocycles. The first-order valence-corrected chi connectivity index (χ1v) is 5.66. The first-order chi connectivity index (χ1) is 7.04. The van der Waals surface area contributed by atoms with Gasteiger partial charge in [-0.1, -0.05) is 6.92 Å². The summed E-state index contributed by atoms with van der Waals surface area (Å²) in [6.45, 7) is 10.3. The van der Waals surface area contributed by atoms with E-state index in [1.54, 1.807) is 4.90 Å².